The Morgan fingerprint density at radius 2 is 1.70 bits per heavy atom. The zero-order chi connectivity index (χ0) is 14.8. The van der Waals surface area contributed by atoms with E-state index in [9.17, 15) is 8.42 Å². The maximum atomic E-state index is 12.3. The van der Waals surface area contributed by atoms with E-state index in [2.05, 4.69) is 4.72 Å². The lowest BCUT2D eigenvalue weighted by Crippen LogP contribution is -2.13. The van der Waals surface area contributed by atoms with Crippen molar-refractivity contribution in [2.24, 2.45) is 0 Å². The van der Waals surface area contributed by atoms with Crippen LogP contribution in [0.1, 0.15) is 16.7 Å². The Balaban J connectivity index is 2.38. The molecule has 5 heteroatoms. The van der Waals surface area contributed by atoms with Crippen molar-refractivity contribution in [2.75, 3.05) is 4.72 Å². The van der Waals surface area contributed by atoms with Gasteiger partial charge in [-0.15, -0.1) is 0 Å². The number of nitrogens with zero attached hydrogens (tertiary/aromatic N) is 1. The zero-order valence-electron chi connectivity index (χ0n) is 11.2. The van der Waals surface area contributed by atoms with E-state index in [0.29, 0.717) is 11.3 Å². The number of hydrogen-bond donors (Lipinski definition) is 1. The molecule has 0 unspecified atom stereocenters. The second kappa shape index (κ2) is 5.35. The Morgan fingerprint density at radius 3 is 2.30 bits per heavy atom. The second-order valence-corrected chi connectivity index (χ2v) is 6.30. The summed E-state index contributed by atoms with van der Waals surface area (Å²) in [6, 6.07) is 13.4. The first kappa shape index (κ1) is 14.1. The molecule has 0 fully saturated rings. The molecule has 0 spiro atoms. The van der Waals surface area contributed by atoms with Gasteiger partial charge in [-0.05, 0) is 55.3 Å². The van der Waals surface area contributed by atoms with Gasteiger partial charge in [-0.3, -0.25) is 4.72 Å². The van der Waals surface area contributed by atoms with Crippen molar-refractivity contribution in [3.05, 3.63) is 59.2 Å². The molecule has 0 heterocycles. The minimum absolute atomic E-state index is 0.0794. The van der Waals surface area contributed by atoms with Gasteiger partial charge in [-0.1, -0.05) is 12.1 Å². The molecule has 2 aromatic rings. The molecular formula is C15H14N2O2S. The Kier molecular flexibility index (Phi) is 3.77. The number of nitriles is 1. The number of rotatable bonds is 3. The Bertz CT molecular complexity index is 770. The third kappa shape index (κ3) is 3.16. The van der Waals surface area contributed by atoms with Crippen LogP contribution in [0.15, 0.2) is 47.4 Å². The van der Waals surface area contributed by atoms with Gasteiger partial charge in [0.05, 0.1) is 16.5 Å². The normalized spacial score (nSPS) is 10.8. The quantitative estimate of drug-likeness (QED) is 0.943. The molecule has 0 bridgehead atoms. The van der Waals surface area contributed by atoms with Crippen molar-refractivity contribution in [1.29, 1.82) is 5.26 Å². The van der Waals surface area contributed by atoms with Gasteiger partial charge in [0, 0.05) is 5.69 Å². The first-order valence-electron chi connectivity index (χ1n) is 6.02. The maximum Gasteiger partial charge on any atom is 0.261 e. The van der Waals surface area contributed by atoms with Crippen molar-refractivity contribution < 1.29 is 8.42 Å². The van der Waals surface area contributed by atoms with Crippen LogP contribution in [0.3, 0.4) is 0 Å². The molecule has 0 aliphatic heterocycles. The van der Waals surface area contributed by atoms with Gasteiger partial charge in [-0.2, -0.15) is 5.26 Å². The molecular weight excluding hydrogens is 272 g/mol. The van der Waals surface area contributed by atoms with E-state index in [1.54, 1.807) is 24.3 Å². The summed E-state index contributed by atoms with van der Waals surface area (Å²) in [6.45, 7) is 3.81. The fourth-order valence-corrected chi connectivity index (χ4v) is 3.07. The summed E-state index contributed by atoms with van der Waals surface area (Å²) in [5, 5.41) is 8.83. The third-order valence-electron chi connectivity index (χ3n) is 2.75. The van der Waals surface area contributed by atoms with E-state index in [4.69, 9.17) is 5.26 Å². The number of nitrogens with one attached hydrogen (secondary N) is 1. The molecule has 0 aliphatic carbocycles. The molecule has 0 atom stereocenters. The largest absolute Gasteiger partial charge is 0.280 e. The third-order valence-corrected chi connectivity index (χ3v) is 4.13. The summed E-state index contributed by atoms with van der Waals surface area (Å²) in [5.41, 5.74) is 2.79. The van der Waals surface area contributed by atoms with Gasteiger partial charge < -0.3 is 0 Å². The lowest BCUT2D eigenvalue weighted by Gasteiger charge is -2.10. The fourth-order valence-electron chi connectivity index (χ4n) is 1.98. The van der Waals surface area contributed by atoms with Crippen LogP contribution in [0.2, 0.25) is 0 Å². The highest BCUT2D eigenvalue weighted by Gasteiger charge is 2.14. The van der Waals surface area contributed by atoms with Crippen LogP contribution in [-0.2, 0) is 10.0 Å². The molecule has 0 aromatic heterocycles. The predicted octanol–water partition coefficient (Wildman–Crippen LogP) is 2.98. The minimum atomic E-state index is -3.68. The molecule has 4 nitrogen and oxygen atoms in total. The lowest BCUT2D eigenvalue weighted by molar-refractivity contribution is 0.601. The standard InChI is InChI=1S/C15H14N2O2S/c1-11-6-12(2)8-14(7-11)17-20(18,19)15-5-3-4-13(9-15)10-16/h3-9,17H,1-2H3. The number of hydrogen-bond acceptors (Lipinski definition) is 3. The van der Waals surface area contributed by atoms with Gasteiger partial charge in [-0.25, -0.2) is 8.42 Å². The molecule has 102 valence electrons. The number of benzene rings is 2. The highest BCUT2D eigenvalue weighted by molar-refractivity contribution is 7.92. The topological polar surface area (TPSA) is 70.0 Å². The van der Waals surface area contributed by atoms with Crippen LogP contribution in [0, 0.1) is 25.2 Å². The molecule has 0 radical (unpaired) electrons. The SMILES string of the molecule is Cc1cc(C)cc(NS(=O)(=O)c2cccc(C#N)c2)c1. The Labute approximate surface area is 118 Å². The van der Waals surface area contributed by atoms with Crippen LogP contribution >= 0.6 is 0 Å². The second-order valence-electron chi connectivity index (χ2n) is 4.62. The Morgan fingerprint density at radius 1 is 1.05 bits per heavy atom. The molecule has 2 aromatic carbocycles. The number of sulfonamides is 1. The van der Waals surface area contributed by atoms with E-state index in [-0.39, 0.29) is 4.90 Å². The smallest absolute Gasteiger partial charge is 0.261 e. The van der Waals surface area contributed by atoms with Crippen LogP contribution in [-0.4, -0.2) is 8.42 Å². The maximum absolute atomic E-state index is 12.3. The van der Waals surface area contributed by atoms with Gasteiger partial charge in [0.1, 0.15) is 0 Å². The van der Waals surface area contributed by atoms with E-state index < -0.39 is 10.0 Å². The van der Waals surface area contributed by atoms with Crippen LogP contribution in [0.5, 0.6) is 0 Å². The minimum Gasteiger partial charge on any atom is -0.280 e. The van der Waals surface area contributed by atoms with Crippen LogP contribution in [0.4, 0.5) is 5.69 Å². The van der Waals surface area contributed by atoms with Gasteiger partial charge in [0.15, 0.2) is 0 Å². The summed E-state index contributed by atoms with van der Waals surface area (Å²) in [6.07, 6.45) is 0. The summed E-state index contributed by atoms with van der Waals surface area (Å²) in [4.78, 5) is 0.0794. The highest BCUT2D eigenvalue weighted by atomic mass is 32.2. The average molecular weight is 286 g/mol. The van der Waals surface area contributed by atoms with E-state index >= 15 is 0 Å². The molecule has 2 rings (SSSR count). The molecule has 0 saturated heterocycles. The predicted molar refractivity (Wildman–Crippen MR) is 77.9 cm³/mol. The summed E-state index contributed by atoms with van der Waals surface area (Å²) in [5.74, 6) is 0. The van der Waals surface area contributed by atoms with Crippen molar-refractivity contribution in [3.8, 4) is 6.07 Å². The lowest BCUT2D eigenvalue weighted by atomic mass is 10.1. The molecule has 0 saturated carbocycles. The summed E-state index contributed by atoms with van der Waals surface area (Å²) >= 11 is 0. The Hall–Kier alpha value is -2.32. The van der Waals surface area contributed by atoms with Gasteiger partial charge in [0.2, 0.25) is 0 Å². The average Bonchev–Trinajstić information content (AvgIpc) is 2.37. The highest BCUT2D eigenvalue weighted by Crippen LogP contribution is 2.19. The van der Waals surface area contributed by atoms with Crippen molar-refractivity contribution in [1.82, 2.24) is 0 Å². The van der Waals surface area contributed by atoms with E-state index in [1.165, 1.54) is 12.1 Å². The molecule has 1 N–H and O–H groups in total. The van der Waals surface area contributed by atoms with Crippen LogP contribution < -0.4 is 4.72 Å². The van der Waals surface area contributed by atoms with Gasteiger partial charge in [0.25, 0.3) is 10.0 Å². The molecule has 20 heavy (non-hydrogen) atoms. The number of aryl methyl sites for hydroxylation is 2. The van der Waals surface area contributed by atoms with Crippen LogP contribution in [0.25, 0.3) is 0 Å². The molecule has 0 amide bonds. The summed E-state index contributed by atoms with van der Waals surface area (Å²) < 4.78 is 27.1. The number of anilines is 1. The molecule has 0 aliphatic rings. The first-order valence-corrected chi connectivity index (χ1v) is 7.50. The first-order chi connectivity index (χ1) is 9.40. The van der Waals surface area contributed by atoms with Crippen molar-refractivity contribution in [2.45, 2.75) is 18.7 Å². The van der Waals surface area contributed by atoms with Crippen molar-refractivity contribution in [3.63, 3.8) is 0 Å². The van der Waals surface area contributed by atoms with Crippen molar-refractivity contribution >= 4 is 15.7 Å². The fraction of sp³-hybridized carbons (Fsp3) is 0.133. The van der Waals surface area contributed by atoms with E-state index in [1.807, 2.05) is 26.0 Å². The van der Waals surface area contributed by atoms with Gasteiger partial charge >= 0.3 is 0 Å². The zero-order valence-corrected chi connectivity index (χ0v) is 12.0. The monoisotopic (exact) mass is 286 g/mol. The van der Waals surface area contributed by atoms with E-state index in [0.717, 1.165) is 11.1 Å². The summed E-state index contributed by atoms with van der Waals surface area (Å²) in [7, 11) is -3.68.